The highest BCUT2D eigenvalue weighted by Gasteiger charge is 2.31. The number of ether oxygens (including phenoxy) is 1. The first-order valence-electron chi connectivity index (χ1n) is 10.6. The molecule has 0 aliphatic heterocycles. The van der Waals surface area contributed by atoms with Crippen LogP contribution < -0.4 is 0 Å². The van der Waals surface area contributed by atoms with Crippen molar-refractivity contribution in [2.45, 2.75) is 83.7 Å². The Labute approximate surface area is 158 Å². The van der Waals surface area contributed by atoms with Gasteiger partial charge in [0.1, 0.15) is 5.75 Å². The lowest BCUT2D eigenvalue weighted by Crippen LogP contribution is -2.28. The Bertz CT molecular complexity index is 593. The van der Waals surface area contributed by atoms with E-state index in [-0.39, 0.29) is 11.5 Å². The van der Waals surface area contributed by atoms with Gasteiger partial charge in [0.2, 0.25) is 0 Å². The summed E-state index contributed by atoms with van der Waals surface area (Å²) < 4.78 is 5.79. The molecule has 26 heavy (non-hydrogen) atoms. The van der Waals surface area contributed by atoms with Gasteiger partial charge in [0.15, 0.2) is 5.78 Å². The molecule has 0 spiro atoms. The number of carbonyl (C=O) groups excluding carboxylic acids is 1. The normalized spacial score (nSPS) is 29.5. The summed E-state index contributed by atoms with van der Waals surface area (Å²) in [7, 11) is 0. The number of hydrogen-bond donors (Lipinski definition) is 1. The van der Waals surface area contributed by atoms with Crippen LogP contribution in [0, 0.1) is 11.8 Å². The molecule has 2 aliphatic carbocycles. The summed E-state index contributed by atoms with van der Waals surface area (Å²) in [5.41, 5.74) is 1.67. The zero-order valence-electron chi connectivity index (χ0n) is 16.4. The molecule has 144 valence electrons. The van der Waals surface area contributed by atoms with E-state index in [2.05, 4.69) is 13.0 Å². The van der Waals surface area contributed by atoms with Gasteiger partial charge in [-0.25, -0.2) is 0 Å². The molecule has 1 aromatic rings. The average Bonchev–Trinajstić information content (AvgIpc) is 2.68. The summed E-state index contributed by atoms with van der Waals surface area (Å²) in [5.74, 6) is 2.45. The maximum absolute atomic E-state index is 11.8. The van der Waals surface area contributed by atoms with Crippen LogP contribution in [0.25, 0.3) is 0 Å². The van der Waals surface area contributed by atoms with E-state index < -0.39 is 0 Å². The second-order valence-electron chi connectivity index (χ2n) is 8.16. The van der Waals surface area contributed by atoms with Crippen molar-refractivity contribution in [1.29, 1.82) is 0 Å². The highest BCUT2D eigenvalue weighted by atomic mass is 16.5. The first-order valence-corrected chi connectivity index (χ1v) is 10.6. The lowest BCUT2D eigenvalue weighted by molar-refractivity contribution is 0.0146. The Morgan fingerprint density at radius 3 is 2.15 bits per heavy atom. The summed E-state index contributed by atoms with van der Waals surface area (Å²) in [4.78, 5) is 11.8. The van der Waals surface area contributed by atoms with Crippen LogP contribution in [-0.2, 0) is 4.74 Å². The Morgan fingerprint density at radius 1 is 1.00 bits per heavy atom. The Morgan fingerprint density at radius 2 is 1.62 bits per heavy atom. The van der Waals surface area contributed by atoms with Crippen LogP contribution in [0.4, 0.5) is 0 Å². The standard InChI is InChI=1S/C23H34O3/c1-3-22(24)21-14-11-19(15-23(21)25)18-7-5-16(6-8-18)17-9-12-20(13-10-17)26-4-2/h11,14-18,20,25H,3-10,12-13H2,1-2H3. The molecule has 1 N–H and O–H groups in total. The van der Waals surface area contributed by atoms with Gasteiger partial charge in [0.25, 0.3) is 0 Å². The lowest BCUT2D eigenvalue weighted by Gasteiger charge is -2.38. The molecule has 2 fully saturated rings. The van der Waals surface area contributed by atoms with Gasteiger partial charge in [-0.15, -0.1) is 0 Å². The predicted octanol–water partition coefficient (Wildman–Crippen LogP) is 5.85. The van der Waals surface area contributed by atoms with Gasteiger partial charge >= 0.3 is 0 Å². The van der Waals surface area contributed by atoms with Gasteiger partial charge < -0.3 is 9.84 Å². The van der Waals surface area contributed by atoms with Gasteiger partial charge in [0.05, 0.1) is 11.7 Å². The van der Waals surface area contributed by atoms with Crippen molar-refractivity contribution in [2.24, 2.45) is 11.8 Å². The molecule has 3 nitrogen and oxygen atoms in total. The summed E-state index contributed by atoms with van der Waals surface area (Å²) in [6.45, 7) is 4.77. The maximum Gasteiger partial charge on any atom is 0.166 e. The van der Waals surface area contributed by atoms with E-state index in [1.54, 1.807) is 0 Å². The van der Waals surface area contributed by atoms with Crippen molar-refractivity contribution in [1.82, 2.24) is 0 Å². The second-order valence-corrected chi connectivity index (χ2v) is 8.16. The van der Waals surface area contributed by atoms with Crippen LogP contribution in [0.15, 0.2) is 18.2 Å². The Kier molecular flexibility index (Phi) is 6.74. The van der Waals surface area contributed by atoms with Crippen LogP contribution in [0.5, 0.6) is 5.75 Å². The minimum absolute atomic E-state index is 0.0143. The van der Waals surface area contributed by atoms with Crippen LogP contribution in [-0.4, -0.2) is 23.6 Å². The van der Waals surface area contributed by atoms with Crippen LogP contribution in [0.2, 0.25) is 0 Å². The second kappa shape index (κ2) is 9.03. The zero-order chi connectivity index (χ0) is 18.5. The third-order valence-corrected chi connectivity index (χ3v) is 6.67. The van der Waals surface area contributed by atoms with Crippen LogP contribution >= 0.6 is 0 Å². The third-order valence-electron chi connectivity index (χ3n) is 6.67. The molecule has 0 bridgehead atoms. The monoisotopic (exact) mass is 358 g/mol. The SMILES string of the molecule is CCOC1CCC(C2CCC(c3ccc(C(=O)CC)c(O)c3)CC2)CC1. The highest BCUT2D eigenvalue weighted by Crippen LogP contribution is 2.43. The van der Waals surface area contributed by atoms with E-state index in [1.165, 1.54) is 56.9 Å². The van der Waals surface area contributed by atoms with E-state index in [0.29, 0.717) is 24.0 Å². The molecule has 0 radical (unpaired) electrons. The average molecular weight is 359 g/mol. The van der Waals surface area contributed by atoms with Crippen molar-refractivity contribution < 1.29 is 14.6 Å². The summed E-state index contributed by atoms with van der Waals surface area (Å²) in [6.07, 6.45) is 11.1. The van der Waals surface area contributed by atoms with Gasteiger partial charge in [0, 0.05) is 13.0 Å². The van der Waals surface area contributed by atoms with Gasteiger partial charge in [-0.1, -0.05) is 13.0 Å². The maximum atomic E-state index is 11.8. The minimum atomic E-state index is 0.0143. The third kappa shape index (κ3) is 4.49. The van der Waals surface area contributed by atoms with E-state index >= 15 is 0 Å². The summed E-state index contributed by atoms with van der Waals surface area (Å²) >= 11 is 0. The van der Waals surface area contributed by atoms with Gasteiger partial charge in [-0.3, -0.25) is 4.79 Å². The molecule has 3 heteroatoms. The first-order chi connectivity index (χ1) is 12.6. The van der Waals surface area contributed by atoms with E-state index in [1.807, 2.05) is 19.1 Å². The van der Waals surface area contributed by atoms with E-state index in [0.717, 1.165) is 18.4 Å². The number of Topliss-reactive ketones (excluding diaryl/α,β-unsaturated/α-hetero) is 1. The Balaban J connectivity index is 1.52. The van der Waals surface area contributed by atoms with E-state index in [4.69, 9.17) is 4.74 Å². The molecule has 2 saturated carbocycles. The number of benzene rings is 1. The largest absolute Gasteiger partial charge is 0.507 e. The molecule has 0 saturated heterocycles. The molecular formula is C23H34O3. The molecule has 2 aliphatic rings. The molecule has 0 atom stereocenters. The topological polar surface area (TPSA) is 46.5 Å². The number of hydrogen-bond acceptors (Lipinski definition) is 3. The zero-order valence-corrected chi connectivity index (χ0v) is 16.4. The number of phenolic OH excluding ortho intramolecular Hbond substituents is 1. The first kappa shape index (κ1) is 19.4. The fourth-order valence-electron chi connectivity index (χ4n) is 5.12. The van der Waals surface area contributed by atoms with Crippen molar-refractivity contribution in [2.75, 3.05) is 6.61 Å². The Hall–Kier alpha value is -1.35. The van der Waals surface area contributed by atoms with Crippen LogP contribution in [0.3, 0.4) is 0 Å². The predicted molar refractivity (Wildman–Crippen MR) is 105 cm³/mol. The number of carbonyl (C=O) groups is 1. The fourth-order valence-corrected chi connectivity index (χ4v) is 5.12. The van der Waals surface area contributed by atoms with Crippen molar-refractivity contribution in [3.05, 3.63) is 29.3 Å². The summed E-state index contributed by atoms with van der Waals surface area (Å²) in [5, 5.41) is 10.2. The number of aromatic hydroxyl groups is 1. The number of rotatable bonds is 6. The molecule has 0 heterocycles. The summed E-state index contributed by atoms with van der Waals surface area (Å²) in [6, 6.07) is 5.71. The smallest absolute Gasteiger partial charge is 0.166 e. The van der Waals surface area contributed by atoms with Gasteiger partial charge in [-0.2, -0.15) is 0 Å². The van der Waals surface area contributed by atoms with Crippen molar-refractivity contribution in [3.8, 4) is 5.75 Å². The molecular weight excluding hydrogens is 324 g/mol. The van der Waals surface area contributed by atoms with Crippen LogP contribution in [0.1, 0.15) is 93.5 Å². The van der Waals surface area contributed by atoms with Gasteiger partial charge in [-0.05, 0) is 93.7 Å². The number of phenols is 1. The minimum Gasteiger partial charge on any atom is -0.507 e. The highest BCUT2D eigenvalue weighted by molar-refractivity contribution is 5.98. The molecule has 3 rings (SSSR count). The van der Waals surface area contributed by atoms with Crippen molar-refractivity contribution in [3.63, 3.8) is 0 Å². The quantitative estimate of drug-likeness (QED) is 0.648. The molecule has 0 unspecified atom stereocenters. The van der Waals surface area contributed by atoms with E-state index in [9.17, 15) is 9.90 Å². The van der Waals surface area contributed by atoms with Crippen molar-refractivity contribution >= 4 is 5.78 Å². The number of ketones is 1. The molecule has 0 aromatic heterocycles. The molecule has 1 aromatic carbocycles. The molecule has 0 amide bonds. The fraction of sp³-hybridized carbons (Fsp3) is 0.696. The lowest BCUT2D eigenvalue weighted by atomic mass is 9.69.